The van der Waals surface area contributed by atoms with Crippen LogP contribution >= 0.6 is 0 Å². The van der Waals surface area contributed by atoms with Crippen LogP contribution in [0, 0.1) is 11.3 Å². The van der Waals surface area contributed by atoms with Crippen LogP contribution in [0.4, 0.5) is 22.0 Å². The van der Waals surface area contributed by atoms with E-state index in [1.54, 1.807) is 47.0 Å². The lowest BCUT2D eigenvalue weighted by Crippen LogP contribution is -2.28. The van der Waals surface area contributed by atoms with E-state index in [9.17, 15) is 5.26 Å². The predicted octanol–water partition coefficient (Wildman–Crippen LogP) is 15.2. The van der Waals surface area contributed by atoms with Crippen molar-refractivity contribution in [3.63, 3.8) is 0 Å². The van der Waals surface area contributed by atoms with Crippen molar-refractivity contribution in [2.75, 3.05) is 0 Å². The normalized spacial score (nSPS) is 13.9. The molecule has 0 aliphatic carbocycles. The van der Waals surface area contributed by atoms with Gasteiger partial charge in [0, 0.05) is 21.5 Å². The van der Waals surface area contributed by atoms with E-state index in [4.69, 9.17) is 0 Å². The molecule has 0 N–H and O–H groups in total. The topological polar surface area (TPSA) is 33.6 Å². The molecule has 61 heavy (non-hydrogen) atoms. The minimum absolute atomic E-state index is 0.158. The molecule has 1 aliphatic heterocycles. The van der Waals surface area contributed by atoms with Gasteiger partial charge in [0.15, 0.2) is 0 Å². The Morgan fingerprint density at radius 3 is 1.66 bits per heavy atom. The summed E-state index contributed by atoms with van der Waals surface area (Å²) in [7, 11) is 0. The van der Waals surface area contributed by atoms with Gasteiger partial charge in [-0.1, -0.05) is 139 Å². The third-order valence-electron chi connectivity index (χ3n) is 12.4. The summed E-state index contributed by atoms with van der Waals surface area (Å²) in [5.41, 5.74) is 1.26. The van der Waals surface area contributed by atoms with Gasteiger partial charge >= 0.3 is 12.1 Å². The number of aromatic nitrogens is 2. The number of rotatable bonds is 3. The van der Waals surface area contributed by atoms with Gasteiger partial charge in [0.05, 0.1) is 50.1 Å². The van der Waals surface area contributed by atoms with E-state index in [1.165, 1.54) is 4.57 Å². The maximum atomic E-state index is 18.0. The molecule has 3 nitrogen and oxygen atoms in total. The molecule has 0 bridgehead atoms. The van der Waals surface area contributed by atoms with Gasteiger partial charge in [0.2, 0.25) is 0 Å². The fourth-order valence-electron chi connectivity index (χ4n) is 9.34. The minimum Gasteiger partial charge on any atom is -0.307 e. The smallest absolute Gasteiger partial charge is 0.307 e. The summed E-state index contributed by atoms with van der Waals surface area (Å²) in [6, 6.07) is 41.4. The summed E-state index contributed by atoms with van der Waals surface area (Å²) in [5.74, 6) is -3.95. The van der Waals surface area contributed by atoms with Crippen molar-refractivity contribution in [1.29, 1.82) is 5.26 Å². The van der Waals surface area contributed by atoms with Gasteiger partial charge in [-0.05, 0) is 80.6 Å². The zero-order valence-corrected chi connectivity index (χ0v) is 34.4. The molecule has 2 aromatic heterocycles. The van der Waals surface area contributed by atoms with Crippen LogP contribution in [-0.4, -0.2) is 9.13 Å². The number of benzene rings is 7. The summed E-state index contributed by atoms with van der Waals surface area (Å²) >= 11 is 0. The molecule has 9 aromatic rings. The molecule has 0 radical (unpaired) electrons. The summed E-state index contributed by atoms with van der Waals surface area (Å²) in [5, 5.41) is 13.9. The molecule has 3 heterocycles. The van der Waals surface area contributed by atoms with Gasteiger partial charge < -0.3 is 9.13 Å². The lowest BCUT2D eigenvalue weighted by molar-refractivity contribution is -0.137. The standard InChI is InChI=1S/C53H40F5N3/c1-50(2,3)33-18-23-43-38(26-33)36-20-17-32(30-13-9-7-10-14-30)25-45(36)60(43)48-40(29-59)47-41(28-42(48)53(56,57)58)52(54,55)46-35(31-15-11-8-12-16-31)21-22-37-39-27-34(51(4,5)6)19-24-44(39)61(47)49(37)46/h7-28H,1-6H3. The van der Waals surface area contributed by atoms with Crippen LogP contribution in [0.1, 0.15) is 74.9 Å². The summed E-state index contributed by atoms with van der Waals surface area (Å²) in [4.78, 5) is 0. The van der Waals surface area contributed by atoms with Crippen molar-refractivity contribution in [2.45, 2.75) is 64.5 Å². The van der Waals surface area contributed by atoms with Crippen molar-refractivity contribution in [3.8, 4) is 39.7 Å². The Kier molecular flexibility index (Phi) is 8.13. The molecule has 0 spiro atoms. The second kappa shape index (κ2) is 12.9. The number of hydrogen-bond acceptors (Lipinski definition) is 1. The van der Waals surface area contributed by atoms with Crippen molar-refractivity contribution in [3.05, 3.63) is 167 Å². The molecule has 8 heteroatoms. The van der Waals surface area contributed by atoms with Gasteiger partial charge in [-0.25, -0.2) is 0 Å². The lowest BCUT2D eigenvalue weighted by atomic mass is 9.84. The Labute approximate surface area is 349 Å². The van der Waals surface area contributed by atoms with Gasteiger partial charge in [-0.2, -0.15) is 27.2 Å². The second-order valence-electron chi connectivity index (χ2n) is 18.2. The molecule has 0 atom stereocenters. The molecule has 1 aliphatic rings. The molecular weight excluding hydrogens is 774 g/mol. The molecule has 0 saturated heterocycles. The molecule has 0 fully saturated rings. The van der Waals surface area contributed by atoms with E-state index in [0.717, 1.165) is 22.3 Å². The summed E-state index contributed by atoms with van der Waals surface area (Å²) in [6.45, 7) is 12.4. The van der Waals surface area contributed by atoms with Crippen molar-refractivity contribution in [1.82, 2.24) is 9.13 Å². The van der Waals surface area contributed by atoms with E-state index in [1.807, 2.05) is 84.9 Å². The number of halogens is 5. The van der Waals surface area contributed by atoms with E-state index >= 15 is 22.0 Å². The maximum absolute atomic E-state index is 18.0. The van der Waals surface area contributed by atoms with E-state index in [-0.39, 0.29) is 27.6 Å². The summed E-state index contributed by atoms with van der Waals surface area (Å²) in [6.07, 6.45) is -5.15. The van der Waals surface area contributed by atoms with Gasteiger partial charge in [-0.3, -0.25) is 0 Å². The quantitative estimate of drug-likeness (QED) is 0.164. The van der Waals surface area contributed by atoms with Crippen LogP contribution in [0.3, 0.4) is 0 Å². The minimum atomic E-state index is -5.15. The van der Waals surface area contributed by atoms with Crippen molar-refractivity contribution in [2.24, 2.45) is 0 Å². The highest BCUT2D eigenvalue weighted by atomic mass is 19.4. The Bertz CT molecular complexity index is 3330. The second-order valence-corrected chi connectivity index (χ2v) is 18.2. The zero-order chi connectivity index (χ0) is 43.0. The zero-order valence-electron chi connectivity index (χ0n) is 34.4. The molecule has 7 aromatic carbocycles. The number of alkyl halides is 5. The van der Waals surface area contributed by atoms with Gasteiger partial charge in [0.1, 0.15) is 11.6 Å². The summed E-state index contributed by atoms with van der Waals surface area (Å²) < 4.78 is 87.0. The average molecular weight is 814 g/mol. The number of nitriles is 1. The number of fused-ring (bicyclic) bond motifs is 8. The predicted molar refractivity (Wildman–Crippen MR) is 236 cm³/mol. The van der Waals surface area contributed by atoms with Gasteiger partial charge in [-0.15, -0.1) is 0 Å². The Balaban J connectivity index is 1.42. The van der Waals surface area contributed by atoms with Crippen molar-refractivity contribution >= 4 is 43.6 Å². The Morgan fingerprint density at radius 1 is 0.525 bits per heavy atom. The Morgan fingerprint density at radius 2 is 1.08 bits per heavy atom. The first-order chi connectivity index (χ1) is 28.9. The fraction of sp³-hybridized carbons (Fsp3) is 0.189. The molecule has 302 valence electrons. The van der Waals surface area contributed by atoms with Crippen LogP contribution < -0.4 is 0 Å². The van der Waals surface area contributed by atoms with E-state index < -0.39 is 40.0 Å². The maximum Gasteiger partial charge on any atom is 0.418 e. The third kappa shape index (κ3) is 5.66. The average Bonchev–Trinajstić information content (AvgIpc) is 3.73. The SMILES string of the molecule is CC(C)(C)c1ccc2c(c1)c1ccc(-c3ccccc3)cc1n2-c1c(C(F)(F)F)cc2c(c1C#N)-n1c3ccc(C(C)(C)C)cc3c3ccc(-c4ccccc4)c(c31)C2(F)F. The first-order valence-corrected chi connectivity index (χ1v) is 20.3. The highest BCUT2D eigenvalue weighted by Gasteiger charge is 2.50. The molecule has 10 rings (SSSR count). The lowest BCUT2D eigenvalue weighted by Gasteiger charge is -2.33. The molecule has 0 amide bonds. The third-order valence-corrected chi connectivity index (χ3v) is 12.4. The van der Waals surface area contributed by atoms with Crippen LogP contribution in [0.15, 0.2) is 133 Å². The van der Waals surface area contributed by atoms with Crippen LogP contribution in [-0.2, 0) is 22.9 Å². The largest absolute Gasteiger partial charge is 0.418 e. The highest BCUT2D eigenvalue weighted by Crippen LogP contribution is 2.56. The van der Waals surface area contributed by atoms with Crippen LogP contribution in [0.2, 0.25) is 0 Å². The van der Waals surface area contributed by atoms with E-state index in [2.05, 4.69) is 47.6 Å². The molecule has 0 unspecified atom stereocenters. The monoisotopic (exact) mass is 813 g/mol. The highest BCUT2D eigenvalue weighted by molar-refractivity contribution is 6.14. The van der Waals surface area contributed by atoms with Gasteiger partial charge in [0.25, 0.3) is 0 Å². The molecule has 0 saturated carbocycles. The first kappa shape index (κ1) is 38.5. The first-order valence-electron chi connectivity index (χ1n) is 20.3. The van der Waals surface area contributed by atoms with Crippen molar-refractivity contribution < 1.29 is 22.0 Å². The van der Waals surface area contributed by atoms with Crippen LogP contribution in [0.25, 0.3) is 77.2 Å². The van der Waals surface area contributed by atoms with Crippen LogP contribution in [0.5, 0.6) is 0 Å². The Hall–Kier alpha value is -6.72. The fourth-order valence-corrected chi connectivity index (χ4v) is 9.34. The molecular formula is C53H40F5N3. The number of nitrogens with zero attached hydrogens (tertiary/aromatic N) is 3. The van der Waals surface area contributed by atoms with E-state index in [0.29, 0.717) is 49.7 Å². The number of hydrogen-bond donors (Lipinski definition) is 0.